The van der Waals surface area contributed by atoms with E-state index in [4.69, 9.17) is 15.8 Å². The minimum Gasteiger partial charge on any atom is -0.321 e. The first kappa shape index (κ1) is 13.1. The zero-order valence-corrected chi connectivity index (χ0v) is 12.3. The Labute approximate surface area is 119 Å². The van der Waals surface area contributed by atoms with Crippen LogP contribution in [0, 0.1) is 0 Å². The van der Waals surface area contributed by atoms with Crippen LogP contribution in [0.1, 0.15) is 23.3 Å². The minimum atomic E-state index is -1.05. The van der Waals surface area contributed by atoms with Crippen molar-refractivity contribution in [2.45, 2.75) is 12.1 Å². The van der Waals surface area contributed by atoms with Crippen molar-refractivity contribution >= 4 is 18.9 Å². The van der Waals surface area contributed by atoms with Gasteiger partial charge in [0.25, 0.3) is 0 Å². The third-order valence-corrected chi connectivity index (χ3v) is 5.51. The van der Waals surface area contributed by atoms with Gasteiger partial charge in [-0.05, 0) is 29.4 Å². The summed E-state index contributed by atoms with van der Waals surface area (Å²) >= 11 is 6.32. The monoisotopic (exact) mass is 291 g/mol. The van der Waals surface area contributed by atoms with Crippen molar-refractivity contribution in [3.8, 4) is 0 Å². The summed E-state index contributed by atoms with van der Waals surface area (Å²) in [7, 11) is 0.981. The van der Waals surface area contributed by atoms with Crippen LogP contribution in [0.25, 0.3) is 0 Å². The van der Waals surface area contributed by atoms with E-state index in [2.05, 4.69) is 41.1 Å². The fourth-order valence-corrected chi connectivity index (χ4v) is 4.01. The molecular weight excluding hydrogens is 277 g/mol. The molecule has 0 radical (unpaired) electrons. The van der Waals surface area contributed by atoms with Gasteiger partial charge in [-0.2, -0.15) is 0 Å². The first-order valence-corrected chi connectivity index (χ1v) is 8.34. The molecule has 0 saturated carbocycles. The summed E-state index contributed by atoms with van der Waals surface area (Å²) in [5, 5.41) is 0. The predicted octanol–water partition coefficient (Wildman–Crippen LogP) is 4.90. The van der Waals surface area contributed by atoms with E-state index < -0.39 is 7.65 Å². The molecule has 1 heterocycles. The predicted molar refractivity (Wildman–Crippen MR) is 80.0 cm³/mol. The second-order valence-corrected chi connectivity index (χ2v) is 6.75. The standard InChI is InChI=1S/C15H15ClNOP/c1-17-14(12-8-4-2-5-9-12)15(18-19(17)16)13-10-6-3-7-11-13/h2-11,14-15H,1H3/t14-,15+,19?/m0/s1. The highest BCUT2D eigenvalue weighted by Crippen LogP contribution is 2.63. The summed E-state index contributed by atoms with van der Waals surface area (Å²) in [4.78, 5) is 0. The molecule has 3 atom stereocenters. The first-order valence-electron chi connectivity index (χ1n) is 6.22. The minimum absolute atomic E-state index is 0.00258. The number of nitrogens with zero attached hydrogens (tertiary/aromatic N) is 1. The summed E-state index contributed by atoms with van der Waals surface area (Å²) in [6.45, 7) is 0. The molecule has 0 bridgehead atoms. The molecule has 1 saturated heterocycles. The molecule has 2 aromatic rings. The highest BCUT2D eigenvalue weighted by atomic mass is 35.7. The van der Waals surface area contributed by atoms with Crippen LogP contribution < -0.4 is 0 Å². The normalized spacial score (nSPS) is 27.6. The number of benzene rings is 2. The zero-order valence-electron chi connectivity index (χ0n) is 10.6. The van der Waals surface area contributed by atoms with Crippen LogP contribution in [-0.4, -0.2) is 11.7 Å². The fraction of sp³-hybridized carbons (Fsp3) is 0.200. The van der Waals surface area contributed by atoms with Gasteiger partial charge in [0, 0.05) is 0 Å². The molecule has 0 spiro atoms. The maximum absolute atomic E-state index is 6.32. The highest BCUT2D eigenvalue weighted by molar-refractivity contribution is 7.78. The van der Waals surface area contributed by atoms with Gasteiger partial charge in [-0.1, -0.05) is 60.7 Å². The van der Waals surface area contributed by atoms with Crippen molar-refractivity contribution in [1.82, 2.24) is 4.67 Å². The molecule has 2 nitrogen and oxygen atoms in total. The van der Waals surface area contributed by atoms with E-state index in [1.807, 2.05) is 31.3 Å². The van der Waals surface area contributed by atoms with E-state index >= 15 is 0 Å². The van der Waals surface area contributed by atoms with Crippen molar-refractivity contribution < 1.29 is 4.52 Å². The topological polar surface area (TPSA) is 12.5 Å². The lowest BCUT2D eigenvalue weighted by Crippen LogP contribution is -2.17. The Bertz CT molecular complexity index is 536. The molecule has 98 valence electrons. The lowest BCUT2D eigenvalue weighted by atomic mass is 9.96. The maximum atomic E-state index is 6.32. The molecule has 19 heavy (non-hydrogen) atoms. The van der Waals surface area contributed by atoms with Crippen molar-refractivity contribution in [2.24, 2.45) is 0 Å². The second kappa shape index (κ2) is 5.60. The summed E-state index contributed by atoms with van der Waals surface area (Å²) < 4.78 is 8.11. The van der Waals surface area contributed by atoms with Crippen LogP contribution in [0.3, 0.4) is 0 Å². The van der Waals surface area contributed by atoms with Crippen LogP contribution in [0.2, 0.25) is 0 Å². The summed E-state index contributed by atoms with van der Waals surface area (Å²) in [5.74, 6) is 0. The van der Waals surface area contributed by atoms with Gasteiger partial charge in [-0.25, -0.2) is 4.67 Å². The fourth-order valence-electron chi connectivity index (χ4n) is 2.45. The molecule has 1 aliphatic rings. The van der Waals surface area contributed by atoms with Crippen LogP contribution in [-0.2, 0) is 4.52 Å². The molecule has 2 aromatic carbocycles. The Kier molecular flexibility index (Phi) is 3.86. The number of hydrogen-bond donors (Lipinski definition) is 0. The Hall–Kier alpha value is -0.920. The quantitative estimate of drug-likeness (QED) is 0.730. The number of likely N-dealkylation sites (N-methyl/N-ethyl adjacent to an activating group) is 1. The van der Waals surface area contributed by atoms with Gasteiger partial charge in [0.15, 0.2) is 0 Å². The summed E-state index contributed by atoms with van der Waals surface area (Å²) in [5.41, 5.74) is 2.42. The lowest BCUT2D eigenvalue weighted by Gasteiger charge is -2.23. The molecule has 0 aliphatic carbocycles. The van der Waals surface area contributed by atoms with Crippen molar-refractivity contribution in [3.63, 3.8) is 0 Å². The van der Waals surface area contributed by atoms with Crippen LogP contribution in [0.15, 0.2) is 60.7 Å². The molecule has 0 N–H and O–H groups in total. The molecule has 1 unspecified atom stereocenters. The van der Waals surface area contributed by atoms with Gasteiger partial charge < -0.3 is 4.52 Å². The maximum Gasteiger partial charge on any atom is 0.207 e. The van der Waals surface area contributed by atoms with Crippen LogP contribution >= 0.6 is 18.9 Å². The van der Waals surface area contributed by atoms with Gasteiger partial charge >= 0.3 is 0 Å². The number of rotatable bonds is 2. The van der Waals surface area contributed by atoms with E-state index in [9.17, 15) is 0 Å². The average molecular weight is 292 g/mol. The van der Waals surface area contributed by atoms with E-state index in [1.54, 1.807) is 0 Å². The Morgan fingerprint density at radius 1 is 0.947 bits per heavy atom. The Morgan fingerprint density at radius 2 is 1.47 bits per heavy atom. The molecular formula is C15H15ClNOP. The van der Waals surface area contributed by atoms with E-state index in [-0.39, 0.29) is 12.1 Å². The van der Waals surface area contributed by atoms with Crippen LogP contribution in [0.5, 0.6) is 0 Å². The second-order valence-electron chi connectivity index (χ2n) is 4.59. The smallest absolute Gasteiger partial charge is 0.207 e. The highest BCUT2D eigenvalue weighted by Gasteiger charge is 2.41. The molecule has 4 heteroatoms. The molecule has 1 aliphatic heterocycles. The van der Waals surface area contributed by atoms with Gasteiger partial charge in [0.05, 0.1) is 6.04 Å². The average Bonchev–Trinajstić information content (AvgIpc) is 2.77. The third kappa shape index (κ3) is 2.54. The zero-order chi connectivity index (χ0) is 13.2. The van der Waals surface area contributed by atoms with Gasteiger partial charge in [0.2, 0.25) is 7.65 Å². The van der Waals surface area contributed by atoms with Gasteiger partial charge in [-0.15, -0.1) is 0 Å². The van der Waals surface area contributed by atoms with Gasteiger partial charge in [-0.3, -0.25) is 0 Å². The molecule has 0 amide bonds. The summed E-state index contributed by atoms with van der Waals surface area (Å²) in [6.07, 6.45) is -0.00258. The van der Waals surface area contributed by atoms with Crippen molar-refractivity contribution in [1.29, 1.82) is 0 Å². The lowest BCUT2D eigenvalue weighted by molar-refractivity contribution is 0.210. The van der Waals surface area contributed by atoms with E-state index in [0.29, 0.717) is 0 Å². The Balaban J connectivity index is 1.99. The summed E-state index contributed by atoms with van der Waals surface area (Å²) in [6, 6.07) is 20.9. The first-order chi connectivity index (χ1) is 9.27. The molecule has 1 fully saturated rings. The van der Waals surface area contributed by atoms with Crippen molar-refractivity contribution in [2.75, 3.05) is 7.05 Å². The van der Waals surface area contributed by atoms with E-state index in [1.165, 1.54) is 11.1 Å². The largest absolute Gasteiger partial charge is 0.321 e. The van der Waals surface area contributed by atoms with Crippen molar-refractivity contribution in [3.05, 3.63) is 71.8 Å². The van der Waals surface area contributed by atoms with Crippen LogP contribution in [0.4, 0.5) is 0 Å². The number of halogens is 1. The van der Waals surface area contributed by atoms with Gasteiger partial charge in [0.1, 0.15) is 6.10 Å². The molecule has 3 rings (SSSR count). The molecule has 0 aromatic heterocycles. The Morgan fingerprint density at radius 3 is 2.05 bits per heavy atom. The number of hydrogen-bond acceptors (Lipinski definition) is 2. The van der Waals surface area contributed by atoms with E-state index in [0.717, 1.165) is 0 Å². The SMILES string of the molecule is CN1[C@@H](c2ccccc2)[C@@H](c2ccccc2)OP1Cl. The third-order valence-electron chi connectivity index (χ3n) is 3.41.